The summed E-state index contributed by atoms with van der Waals surface area (Å²) in [5.41, 5.74) is 0.969. The molecule has 0 N–H and O–H groups in total. The van der Waals surface area contributed by atoms with Crippen molar-refractivity contribution >= 4 is 16.0 Å². The van der Waals surface area contributed by atoms with E-state index in [2.05, 4.69) is 0 Å². The molecule has 0 aromatic heterocycles. The predicted octanol–water partition coefficient (Wildman–Crippen LogP) is 2.87. The van der Waals surface area contributed by atoms with Crippen molar-refractivity contribution in [1.82, 2.24) is 4.31 Å². The molecule has 0 bridgehead atoms. The van der Waals surface area contributed by atoms with E-state index in [9.17, 15) is 13.2 Å². The van der Waals surface area contributed by atoms with E-state index in [1.54, 1.807) is 42.5 Å². The first-order valence-corrected chi connectivity index (χ1v) is 10.6. The minimum absolute atomic E-state index is 0.123. The molecule has 2 aliphatic heterocycles. The van der Waals surface area contributed by atoms with Crippen LogP contribution in [0.3, 0.4) is 0 Å². The first-order valence-electron chi connectivity index (χ1n) is 9.15. The Morgan fingerprint density at radius 2 is 1.82 bits per heavy atom. The van der Waals surface area contributed by atoms with Crippen molar-refractivity contribution in [3.8, 4) is 17.2 Å². The topological polar surface area (TPSA) is 82.1 Å². The standard InChI is InChI=1S/C20H21NO6S/c1-14-5-8-16(9-6-14)28(23,24)21-11-3-2-4-17(21)20(22)27-15-7-10-18-19(12-15)26-13-25-18/h5-10,12,17H,2-4,11,13H2,1H3/t17-/m1/s1. The highest BCUT2D eigenvalue weighted by molar-refractivity contribution is 7.89. The molecule has 28 heavy (non-hydrogen) atoms. The number of carbonyl (C=O) groups is 1. The normalized spacial score (nSPS) is 19.4. The molecule has 0 saturated carbocycles. The van der Waals surface area contributed by atoms with Crippen LogP contribution < -0.4 is 14.2 Å². The largest absolute Gasteiger partial charge is 0.454 e. The van der Waals surface area contributed by atoms with Crippen molar-refractivity contribution in [2.24, 2.45) is 0 Å². The Labute approximate surface area is 163 Å². The Bertz CT molecular complexity index is 986. The molecule has 7 nitrogen and oxygen atoms in total. The number of carbonyl (C=O) groups excluding carboxylic acids is 1. The minimum Gasteiger partial charge on any atom is -0.454 e. The zero-order chi connectivity index (χ0) is 19.7. The number of rotatable bonds is 4. The Morgan fingerprint density at radius 1 is 1.07 bits per heavy atom. The van der Waals surface area contributed by atoms with Gasteiger partial charge in [-0.3, -0.25) is 0 Å². The molecular weight excluding hydrogens is 382 g/mol. The van der Waals surface area contributed by atoms with E-state index in [4.69, 9.17) is 14.2 Å². The van der Waals surface area contributed by atoms with Gasteiger partial charge in [-0.05, 0) is 50.5 Å². The maximum absolute atomic E-state index is 13.1. The van der Waals surface area contributed by atoms with Crippen LogP contribution in [0.15, 0.2) is 47.4 Å². The second kappa shape index (κ2) is 7.44. The van der Waals surface area contributed by atoms with E-state index < -0.39 is 22.0 Å². The second-order valence-corrected chi connectivity index (χ2v) is 8.77. The van der Waals surface area contributed by atoms with Gasteiger partial charge in [-0.25, -0.2) is 13.2 Å². The number of fused-ring (bicyclic) bond motifs is 1. The average molecular weight is 403 g/mol. The number of ether oxygens (including phenoxy) is 3. The van der Waals surface area contributed by atoms with Gasteiger partial charge in [-0.15, -0.1) is 0 Å². The average Bonchev–Trinajstić information content (AvgIpc) is 3.16. The number of benzene rings is 2. The van der Waals surface area contributed by atoms with Crippen molar-refractivity contribution in [1.29, 1.82) is 0 Å². The van der Waals surface area contributed by atoms with Crippen molar-refractivity contribution in [3.63, 3.8) is 0 Å². The third-order valence-electron chi connectivity index (χ3n) is 4.92. The summed E-state index contributed by atoms with van der Waals surface area (Å²) in [5.74, 6) is 0.792. The molecule has 0 aliphatic carbocycles. The van der Waals surface area contributed by atoms with Crippen molar-refractivity contribution < 1.29 is 27.4 Å². The summed E-state index contributed by atoms with van der Waals surface area (Å²) in [6.45, 7) is 2.30. The molecule has 8 heteroatoms. The van der Waals surface area contributed by atoms with Crippen molar-refractivity contribution in [2.45, 2.75) is 37.1 Å². The molecule has 0 radical (unpaired) electrons. The third-order valence-corrected chi connectivity index (χ3v) is 6.84. The molecule has 148 valence electrons. The zero-order valence-electron chi connectivity index (χ0n) is 15.5. The van der Waals surface area contributed by atoms with Crippen LogP contribution in [-0.2, 0) is 14.8 Å². The molecular formula is C20H21NO6S. The van der Waals surface area contributed by atoms with Gasteiger partial charge in [-0.2, -0.15) is 4.31 Å². The molecule has 0 amide bonds. The van der Waals surface area contributed by atoms with Crippen LogP contribution in [0.1, 0.15) is 24.8 Å². The highest BCUT2D eigenvalue weighted by Crippen LogP contribution is 2.35. The number of aryl methyl sites for hydroxylation is 1. The van der Waals surface area contributed by atoms with Gasteiger partial charge in [0.05, 0.1) is 4.90 Å². The highest BCUT2D eigenvalue weighted by atomic mass is 32.2. The Hall–Kier alpha value is -2.58. The molecule has 2 aromatic carbocycles. The molecule has 1 atom stereocenters. The molecule has 1 saturated heterocycles. The van der Waals surface area contributed by atoms with E-state index in [-0.39, 0.29) is 18.2 Å². The second-order valence-electron chi connectivity index (χ2n) is 6.88. The third kappa shape index (κ3) is 3.57. The number of esters is 1. The quantitative estimate of drug-likeness (QED) is 0.577. The summed E-state index contributed by atoms with van der Waals surface area (Å²) in [7, 11) is -3.79. The molecule has 4 rings (SSSR count). The van der Waals surface area contributed by atoms with Gasteiger partial charge in [0.1, 0.15) is 11.8 Å². The molecule has 0 spiro atoms. The summed E-state index contributed by atoms with van der Waals surface area (Å²) < 4.78 is 43.5. The fourth-order valence-corrected chi connectivity index (χ4v) is 5.05. The lowest BCUT2D eigenvalue weighted by Crippen LogP contribution is -2.49. The fraction of sp³-hybridized carbons (Fsp3) is 0.350. The van der Waals surface area contributed by atoms with Crippen molar-refractivity contribution in [3.05, 3.63) is 48.0 Å². The summed E-state index contributed by atoms with van der Waals surface area (Å²) in [5, 5.41) is 0. The first-order chi connectivity index (χ1) is 13.4. The van der Waals surface area contributed by atoms with E-state index in [1.807, 2.05) is 6.92 Å². The number of hydrogen-bond donors (Lipinski definition) is 0. The van der Waals surface area contributed by atoms with Crippen LogP contribution in [0.5, 0.6) is 17.2 Å². The fourth-order valence-electron chi connectivity index (χ4n) is 3.40. The number of hydrogen-bond acceptors (Lipinski definition) is 6. The van der Waals surface area contributed by atoms with Crippen LogP contribution >= 0.6 is 0 Å². The van der Waals surface area contributed by atoms with Crippen molar-refractivity contribution in [2.75, 3.05) is 13.3 Å². The molecule has 2 aliphatic rings. The Balaban J connectivity index is 1.56. The van der Waals surface area contributed by atoms with E-state index >= 15 is 0 Å². The van der Waals surface area contributed by atoms with Gasteiger partial charge in [0.2, 0.25) is 16.8 Å². The lowest BCUT2D eigenvalue weighted by atomic mass is 10.1. The Morgan fingerprint density at radius 3 is 2.61 bits per heavy atom. The zero-order valence-corrected chi connectivity index (χ0v) is 16.3. The van der Waals surface area contributed by atoms with Gasteiger partial charge in [0, 0.05) is 12.6 Å². The van der Waals surface area contributed by atoms with E-state index in [1.165, 1.54) is 4.31 Å². The van der Waals surface area contributed by atoms with E-state index in [0.717, 1.165) is 12.0 Å². The highest BCUT2D eigenvalue weighted by Gasteiger charge is 2.38. The van der Waals surface area contributed by atoms with Gasteiger partial charge < -0.3 is 14.2 Å². The molecule has 0 unspecified atom stereocenters. The molecule has 1 fully saturated rings. The lowest BCUT2D eigenvalue weighted by Gasteiger charge is -2.33. The molecule has 2 heterocycles. The Kier molecular flexibility index (Phi) is 4.99. The minimum atomic E-state index is -3.79. The van der Waals surface area contributed by atoms with Crippen LogP contribution in [0, 0.1) is 6.92 Å². The van der Waals surface area contributed by atoms with Crippen LogP contribution in [-0.4, -0.2) is 38.1 Å². The molecule has 2 aromatic rings. The van der Waals surface area contributed by atoms with Crippen LogP contribution in [0.4, 0.5) is 0 Å². The summed E-state index contributed by atoms with van der Waals surface area (Å²) >= 11 is 0. The summed E-state index contributed by atoms with van der Waals surface area (Å²) in [4.78, 5) is 13.0. The SMILES string of the molecule is Cc1ccc(S(=O)(=O)N2CCCC[C@@H]2C(=O)Oc2ccc3c(c2)OCO3)cc1. The number of piperidine rings is 1. The lowest BCUT2D eigenvalue weighted by molar-refractivity contribution is -0.139. The van der Waals surface area contributed by atoms with Crippen LogP contribution in [0.2, 0.25) is 0 Å². The van der Waals surface area contributed by atoms with Gasteiger partial charge >= 0.3 is 5.97 Å². The summed E-state index contributed by atoms with van der Waals surface area (Å²) in [6.07, 6.45) is 1.90. The van der Waals surface area contributed by atoms with Crippen LogP contribution in [0.25, 0.3) is 0 Å². The van der Waals surface area contributed by atoms with Gasteiger partial charge in [0.25, 0.3) is 0 Å². The maximum Gasteiger partial charge on any atom is 0.329 e. The monoisotopic (exact) mass is 403 g/mol. The van der Waals surface area contributed by atoms with E-state index in [0.29, 0.717) is 30.1 Å². The predicted molar refractivity (Wildman–Crippen MR) is 101 cm³/mol. The number of sulfonamides is 1. The maximum atomic E-state index is 13.1. The first kappa shape index (κ1) is 18.8. The van der Waals surface area contributed by atoms with Gasteiger partial charge in [-0.1, -0.05) is 17.7 Å². The van der Waals surface area contributed by atoms with Gasteiger partial charge in [0.15, 0.2) is 11.5 Å². The summed E-state index contributed by atoms with van der Waals surface area (Å²) in [6, 6.07) is 10.6. The number of nitrogens with zero attached hydrogens (tertiary/aromatic N) is 1. The smallest absolute Gasteiger partial charge is 0.329 e.